The van der Waals surface area contributed by atoms with Crippen LogP contribution in [0.1, 0.15) is 19.3 Å². The smallest absolute Gasteiger partial charge is 0.218 e. The number of halogens is 1. The fourth-order valence-electron chi connectivity index (χ4n) is 1.48. The van der Waals surface area contributed by atoms with Crippen molar-refractivity contribution < 1.29 is 0 Å². The third-order valence-corrected chi connectivity index (χ3v) is 3.12. The van der Waals surface area contributed by atoms with Crippen molar-refractivity contribution in [2.75, 3.05) is 5.73 Å². The van der Waals surface area contributed by atoms with E-state index >= 15 is 0 Å². The largest absolute Gasteiger partial charge is 0.394 e. The molecule has 2 rings (SSSR count). The molecule has 14 heavy (non-hydrogen) atoms. The highest BCUT2D eigenvalue weighted by molar-refractivity contribution is 9.10. The Morgan fingerprint density at radius 3 is 2.79 bits per heavy atom. The number of anilines is 1. The third-order valence-electron chi connectivity index (χ3n) is 2.56. The molecular formula is C10H13BrN2O. The molecular weight excluding hydrogens is 244 g/mol. The van der Waals surface area contributed by atoms with Gasteiger partial charge in [-0.25, -0.2) is 0 Å². The third kappa shape index (κ3) is 2.18. The summed E-state index contributed by atoms with van der Waals surface area (Å²) in [6, 6.07) is 0. The van der Waals surface area contributed by atoms with E-state index in [1.807, 2.05) is 4.57 Å². The summed E-state index contributed by atoms with van der Waals surface area (Å²) >= 11 is 3.21. The van der Waals surface area contributed by atoms with E-state index in [2.05, 4.69) is 15.9 Å². The molecule has 0 bridgehead atoms. The van der Waals surface area contributed by atoms with Crippen LogP contribution in [0.5, 0.6) is 0 Å². The SMILES string of the molecule is Nc1cn(CCC2CC2)cc(Br)c1=O. The van der Waals surface area contributed by atoms with Gasteiger partial charge in [-0.05, 0) is 28.3 Å². The molecule has 0 aromatic carbocycles. The van der Waals surface area contributed by atoms with E-state index in [1.165, 1.54) is 19.3 Å². The molecule has 0 saturated heterocycles. The molecule has 1 aliphatic rings. The van der Waals surface area contributed by atoms with Crippen molar-refractivity contribution in [2.24, 2.45) is 5.92 Å². The standard InChI is InChI=1S/C10H13BrN2O/c11-8-5-13(4-3-7-1-2-7)6-9(12)10(8)14/h5-7H,1-4,12H2. The van der Waals surface area contributed by atoms with E-state index in [0.29, 0.717) is 10.2 Å². The van der Waals surface area contributed by atoms with E-state index in [1.54, 1.807) is 12.4 Å². The highest BCUT2D eigenvalue weighted by atomic mass is 79.9. The zero-order chi connectivity index (χ0) is 10.1. The fourth-order valence-corrected chi connectivity index (χ4v) is 1.98. The Morgan fingerprint density at radius 2 is 2.21 bits per heavy atom. The first-order valence-corrected chi connectivity index (χ1v) is 5.61. The van der Waals surface area contributed by atoms with E-state index < -0.39 is 0 Å². The lowest BCUT2D eigenvalue weighted by Crippen LogP contribution is -2.13. The van der Waals surface area contributed by atoms with Gasteiger partial charge in [-0.1, -0.05) is 12.8 Å². The zero-order valence-corrected chi connectivity index (χ0v) is 9.46. The first-order valence-electron chi connectivity index (χ1n) is 4.82. The number of hydrogen-bond donors (Lipinski definition) is 1. The number of nitrogens with zero attached hydrogens (tertiary/aromatic N) is 1. The van der Waals surface area contributed by atoms with Crippen molar-refractivity contribution in [3.63, 3.8) is 0 Å². The van der Waals surface area contributed by atoms with Gasteiger partial charge < -0.3 is 10.3 Å². The molecule has 76 valence electrons. The van der Waals surface area contributed by atoms with Crippen LogP contribution in [0.15, 0.2) is 21.7 Å². The van der Waals surface area contributed by atoms with Gasteiger partial charge in [0.15, 0.2) is 0 Å². The molecule has 0 radical (unpaired) electrons. The Hall–Kier alpha value is -0.770. The highest BCUT2D eigenvalue weighted by Gasteiger charge is 2.20. The van der Waals surface area contributed by atoms with E-state index in [4.69, 9.17) is 5.73 Å². The number of nitrogens with two attached hydrogens (primary N) is 1. The van der Waals surface area contributed by atoms with E-state index in [9.17, 15) is 4.79 Å². The van der Waals surface area contributed by atoms with Gasteiger partial charge >= 0.3 is 0 Å². The normalized spacial score (nSPS) is 15.8. The van der Waals surface area contributed by atoms with Crippen LogP contribution in [0.4, 0.5) is 5.69 Å². The van der Waals surface area contributed by atoms with Gasteiger partial charge in [0.05, 0.1) is 10.2 Å². The second-order valence-corrected chi connectivity index (χ2v) is 4.71. The summed E-state index contributed by atoms with van der Waals surface area (Å²) in [4.78, 5) is 11.3. The topological polar surface area (TPSA) is 48.0 Å². The number of aromatic nitrogens is 1. The van der Waals surface area contributed by atoms with Crippen LogP contribution in [0.2, 0.25) is 0 Å². The van der Waals surface area contributed by atoms with Gasteiger partial charge in [0.2, 0.25) is 5.43 Å². The minimum Gasteiger partial charge on any atom is -0.394 e. The van der Waals surface area contributed by atoms with Gasteiger partial charge in [-0.15, -0.1) is 0 Å². The Kier molecular flexibility index (Phi) is 2.63. The molecule has 0 aliphatic heterocycles. The van der Waals surface area contributed by atoms with Gasteiger partial charge in [0.25, 0.3) is 0 Å². The minimum absolute atomic E-state index is 0.118. The summed E-state index contributed by atoms with van der Waals surface area (Å²) in [6.07, 6.45) is 7.43. The Morgan fingerprint density at radius 1 is 1.50 bits per heavy atom. The predicted molar refractivity (Wildman–Crippen MR) is 60.2 cm³/mol. The van der Waals surface area contributed by atoms with Crippen molar-refractivity contribution in [3.05, 3.63) is 27.1 Å². The summed E-state index contributed by atoms with van der Waals surface area (Å²) in [6.45, 7) is 0.952. The molecule has 1 saturated carbocycles. The van der Waals surface area contributed by atoms with Crippen LogP contribution < -0.4 is 11.2 Å². The van der Waals surface area contributed by atoms with Crippen LogP contribution in [0.3, 0.4) is 0 Å². The molecule has 0 atom stereocenters. The second kappa shape index (κ2) is 3.77. The van der Waals surface area contributed by atoms with Crippen LogP contribution in [-0.4, -0.2) is 4.57 Å². The molecule has 1 aromatic heterocycles. The van der Waals surface area contributed by atoms with E-state index in [-0.39, 0.29) is 5.43 Å². The molecule has 2 N–H and O–H groups in total. The van der Waals surface area contributed by atoms with Gasteiger partial charge in [0.1, 0.15) is 0 Å². The summed E-state index contributed by atoms with van der Waals surface area (Å²) in [7, 11) is 0. The molecule has 0 amide bonds. The van der Waals surface area contributed by atoms with Crippen LogP contribution in [0, 0.1) is 5.92 Å². The minimum atomic E-state index is -0.118. The molecule has 0 unspecified atom stereocenters. The van der Waals surface area contributed by atoms with Gasteiger partial charge in [-0.2, -0.15) is 0 Å². The Balaban J connectivity index is 2.12. The summed E-state index contributed by atoms with van der Waals surface area (Å²) in [5, 5.41) is 0. The van der Waals surface area contributed by atoms with Crippen LogP contribution >= 0.6 is 15.9 Å². The molecule has 1 aliphatic carbocycles. The zero-order valence-electron chi connectivity index (χ0n) is 7.87. The average Bonchev–Trinajstić information content (AvgIpc) is 2.94. The van der Waals surface area contributed by atoms with Crippen molar-refractivity contribution >= 4 is 21.6 Å². The summed E-state index contributed by atoms with van der Waals surface area (Å²) in [5.74, 6) is 0.898. The van der Waals surface area contributed by atoms with Gasteiger partial charge in [-0.3, -0.25) is 4.79 Å². The molecule has 1 aromatic rings. The highest BCUT2D eigenvalue weighted by Crippen LogP contribution is 2.32. The number of hydrogen-bond acceptors (Lipinski definition) is 2. The first-order chi connectivity index (χ1) is 6.66. The maximum Gasteiger partial charge on any atom is 0.218 e. The Labute approximate surface area is 91.0 Å². The van der Waals surface area contributed by atoms with Crippen molar-refractivity contribution in [3.8, 4) is 0 Å². The van der Waals surface area contributed by atoms with Crippen molar-refractivity contribution in [1.82, 2.24) is 4.57 Å². The van der Waals surface area contributed by atoms with Crippen molar-refractivity contribution in [1.29, 1.82) is 0 Å². The van der Waals surface area contributed by atoms with Crippen molar-refractivity contribution in [2.45, 2.75) is 25.8 Å². The number of aryl methyl sites for hydroxylation is 1. The number of pyridine rings is 1. The van der Waals surface area contributed by atoms with Crippen LogP contribution in [-0.2, 0) is 6.54 Å². The Bertz CT molecular complexity index is 369. The molecule has 3 nitrogen and oxygen atoms in total. The van der Waals surface area contributed by atoms with E-state index in [0.717, 1.165) is 12.5 Å². The first kappa shape index (κ1) is 9.77. The maximum atomic E-state index is 11.3. The lowest BCUT2D eigenvalue weighted by molar-refractivity contribution is 0.593. The molecule has 1 fully saturated rings. The predicted octanol–water partition coefficient (Wildman–Crippen LogP) is 1.99. The molecule has 0 spiro atoms. The maximum absolute atomic E-state index is 11.3. The summed E-state index contributed by atoms with van der Waals surface area (Å²) < 4.78 is 2.53. The summed E-state index contributed by atoms with van der Waals surface area (Å²) in [5.41, 5.74) is 5.78. The quantitative estimate of drug-likeness (QED) is 0.900. The molecule has 1 heterocycles. The lowest BCUT2D eigenvalue weighted by Gasteiger charge is -2.07. The number of nitrogen functional groups attached to an aromatic ring is 1. The average molecular weight is 257 g/mol. The number of rotatable bonds is 3. The molecule has 4 heteroatoms. The van der Waals surface area contributed by atoms with Gasteiger partial charge in [0, 0.05) is 18.9 Å². The monoisotopic (exact) mass is 256 g/mol. The lowest BCUT2D eigenvalue weighted by atomic mass is 10.3. The second-order valence-electron chi connectivity index (χ2n) is 3.86. The van der Waals surface area contributed by atoms with Crippen LogP contribution in [0.25, 0.3) is 0 Å². The fraction of sp³-hybridized carbons (Fsp3) is 0.500.